The van der Waals surface area contributed by atoms with Crippen LogP contribution in [0.3, 0.4) is 0 Å². The molecule has 0 unspecified atom stereocenters. The summed E-state index contributed by atoms with van der Waals surface area (Å²) in [6.07, 6.45) is 1.89. The normalized spacial score (nSPS) is 9.85. The van der Waals surface area contributed by atoms with Crippen molar-refractivity contribution in [3.8, 4) is 0 Å². The smallest absolute Gasteiger partial charge is 0.252 e. The van der Waals surface area contributed by atoms with E-state index in [0.29, 0.717) is 5.57 Å². The van der Waals surface area contributed by atoms with E-state index < -0.39 is 0 Å². The fraction of sp³-hybridized carbons (Fsp3) is 0.545. The van der Waals surface area contributed by atoms with E-state index in [-0.39, 0.29) is 5.91 Å². The van der Waals surface area contributed by atoms with Gasteiger partial charge < -0.3 is 4.90 Å². The van der Waals surface area contributed by atoms with Crippen molar-refractivity contribution in [1.82, 2.24) is 4.90 Å². The summed E-state index contributed by atoms with van der Waals surface area (Å²) in [6.45, 7) is 13.1. The largest absolute Gasteiger partial charge is 0.316 e. The summed E-state index contributed by atoms with van der Waals surface area (Å²) in [7, 11) is 1.74. The summed E-state index contributed by atoms with van der Waals surface area (Å²) < 4.78 is 0. The number of amides is 1. The monoisotopic (exact) mass is 183 g/mol. The average Bonchev–Trinajstić information content (AvgIpc) is 2.17. The van der Waals surface area contributed by atoms with Crippen molar-refractivity contribution in [2.45, 2.75) is 34.6 Å². The fourth-order valence-corrected chi connectivity index (χ4v) is 0.640. The molecule has 0 atom stereocenters. The Hall–Kier alpha value is -1.05. The summed E-state index contributed by atoms with van der Waals surface area (Å²) in [5.41, 5.74) is 1.51. The molecule has 0 radical (unpaired) electrons. The van der Waals surface area contributed by atoms with Crippen LogP contribution in [0.15, 0.2) is 23.9 Å². The van der Waals surface area contributed by atoms with E-state index in [1.54, 1.807) is 18.9 Å². The Morgan fingerprint density at radius 3 is 1.92 bits per heavy atom. The Morgan fingerprint density at radius 2 is 1.69 bits per heavy atom. The van der Waals surface area contributed by atoms with Crippen LogP contribution in [0.4, 0.5) is 0 Å². The Bertz CT molecular complexity index is 204. The molecule has 0 aliphatic carbocycles. The third-order valence-corrected chi connectivity index (χ3v) is 1.62. The molecule has 0 saturated carbocycles. The summed E-state index contributed by atoms with van der Waals surface area (Å²) >= 11 is 0. The lowest BCUT2D eigenvalue weighted by Gasteiger charge is -2.16. The highest BCUT2D eigenvalue weighted by molar-refractivity contribution is 5.93. The van der Waals surface area contributed by atoms with Gasteiger partial charge in [0.25, 0.3) is 5.91 Å². The zero-order chi connectivity index (χ0) is 11.0. The van der Waals surface area contributed by atoms with E-state index in [1.165, 1.54) is 0 Å². The van der Waals surface area contributed by atoms with Gasteiger partial charge in [-0.15, -0.1) is 0 Å². The molecule has 0 aromatic heterocycles. The SMILES string of the molecule is C=C(C)C(=O)N(C)/C(C)=C\C.CC. The first-order chi connectivity index (χ1) is 6.00. The van der Waals surface area contributed by atoms with E-state index in [2.05, 4.69) is 6.58 Å². The minimum Gasteiger partial charge on any atom is -0.316 e. The van der Waals surface area contributed by atoms with Crippen LogP contribution in [0.25, 0.3) is 0 Å². The number of hydrogen-bond donors (Lipinski definition) is 0. The standard InChI is InChI=1S/C9H15NO.C2H6/c1-6-8(4)10(5)9(11)7(2)3;1-2/h6H,2H2,1,3-5H3;1-2H3/b8-6-;. The molecule has 2 heteroatoms. The zero-order valence-corrected chi connectivity index (χ0v) is 9.64. The molecule has 1 amide bonds. The van der Waals surface area contributed by atoms with Crippen molar-refractivity contribution in [2.24, 2.45) is 0 Å². The quantitative estimate of drug-likeness (QED) is 0.603. The Kier molecular flexibility index (Phi) is 8.45. The van der Waals surface area contributed by atoms with Gasteiger partial charge in [-0.05, 0) is 20.8 Å². The van der Waals surface area contributed by atoms with Gasteiger partial charge in [0.2, 0.25) is 0 Å². The van der Waals surface area contributed by atoms with Crippen LogP contribution < -0.4 is 0 Å². The number of allylic oxidation sites excluding steroid dienone is 2. The second-order valence-electron chi connectivity index (χ2n) is 2.57. The van der Waals surface area contributed by atoms with Crippen molar-refractivity contribution in [1.29, 1.82) is 0 Å². The van der Waals surface area contributed by atoms with E-state index in [0.717, 1.165) is 5.70 Å². The van der Waals surface area contributed by atoms with Crippen molar-refractivity contribution in [3.05, 3.63) is 23.9 Å². The van der Waals surface area contributed by atoms with Crippen LogP contribution in [-0.4, -0.2) is 17.9 Å². The third kappa shape index (κ3) is 5.23. The fourth-order valence-electron chi connectivity index (χ4n) is 0.640. The number of rotatable bonds is 2. The maximum Gasteiger partial charge on any atom is 0.252 e. The van der Waals surface area contributed by atoms with Crippen LogP contribution in [0.5, 0.6) is 0 Å². The number of hydrogen-bond acceptors (Lipinski definition) is 1. The highest BCUT2D eigenvalue weighted by Gasteiger charge is 2.08. The minimum absolute atomic E-state index is 0.0272. The van der Waals surface area contributed by atoms with Crippen molar-refractivity contribution in [3.63, 3.8) is 0 Å². The van der Waals surface area contributed by atoms with E-state index in [9.17, 15) is 4.79 Å². The zero-order valence-electron chi connectivity index (χ0n) is 9.64. The number of carbonyl (C=O) groups excluding carboxylic acids is 1. The Labute approximate surface area is 81.9 Å². The molecular weight excluding hydrogens is 162 g/mol. The number of carbonyl (C=O) groups is 1. The second-order valence-corrected chi connectivity index (χ2v) is 2.57. The Morgan fingerprint density at radius 1 is 1.31 bits per heavy atom. The van der Waals surface area contributed by atoms with Gasteiger partial charge in [-0.25, -0.2) is 0 Å². The van der Waals surface area contributed by atoms with Crippen LogP contribution in [0.1, 0.15) is 34.6 Å². The van der Waals surface area contributed by atoms with Gasteiger partial charge in [0.1, 0.15) is 0 Å². The molecule has 0 saturated heterocycles. The summed E-state index contributed by atoms with van der Waals surface area (Å²) in [5, 5.41) is 0. The van der Waals surface area contributed by atoms with Crippen LogP contribution in [0.2, 0.25) is 0 Å². The molecule has 0 rings (SSSR count). The molecule has 0 aliphatic heterocycles. The van der Waals surface area contributed by atoms with Gasteiger partial charge in [-0.2, -0.15) is 0 Å². The van der Waals surface area contributed by atoms with E-state index in [4.69, 9.17) is 0 Å². The molecule has 2 nitrogen and oxygen atoms in total. The molecule has 0 aromatic carbocycles. The summed E-state index contributed by atoms with van der Waals surface area (Å²) in [5.74, 6) is -0.0272. The topological polar surface area (TPSA) is 20.3 Å². The van der Waals surface area contributed by atoms with Gasteiger partial charge in [0.05, 0.1) is 0 Å². The van der Waals surface area contributed by atoms with Gasteiger partial charge in [-0.3, -0.25) is 4.79 Å². The van der Waals surface area contributed by atoms with Crippen molar-refractivity contribution < 1.29 is 4.79 Å². The molecule has 0 heterocycles. The first-order valence-electron chi connectivity index (χ1n) is 4.57. The molecule has 0 bridgehead atoms. The van der Waals surface area contributed by atoms with Crippen LogP contribution in [-0.2, 0) is 4.79 Å². The van der Waals surface area contributed by atoms with Crippen LogP contribution in [0, 0.1) is 0 Å². The third-order valence-electron chi connectivity index (χ3n) is 1.62. The van der Waals surface area contributed by atoms with E-state index in [1.807, 2.05) is 33.8 Å². The van der Waals surface area contributed by atoms with Gasteiger partial charge in [0, 0.05) is 18.3 Å². The predicted octanol–water partition coefficient (Wildman–Crippen LogP) is 2.97. The molecule has 76 valence electrons. The molecular formula is C11H21NO. The summed E-state index contributed by atoms with van der Waals surface area (Å²) in [4.78, 5) is 12.8. The summed E-state index contributed by atoms with van der Waals surface area (Å²) in [6, 6.07) is 0. The molecule has 0 spiro atoms. The maximum absolute atomic E-state index is 11.2. The lowest BCUT2D eigenvalue weighted by Crippen LogP contribution is -2.24. The van der Waals surface area contributed by atoms with Gasteiger partial charge in [0.15, 0.2) is 0 Å². The van der Waals surface area contributed by atoms with Crippen molar-refractivity contribution >= 4 is 5.91 Å². The predicted molar refractivity (Wildman–Crippen MR) is 58.4 cm³/mol. The number of nitrogens with zero attached hydrogens (tertiary/aromatic N) is 1. The second kappa shape index (κ2) is 7.59. The molecule has 0 N–H and O–H groups in total. The Balaban J connectivity index is 0. The highest BCUT2D eigenvalue weighted by atomic mass is 16.2. The van der Waals surface area contributed by atoms with E-state index >= 15 is 0 Å². The van der Waals surface area contributed by atoms with Crippen molar-refractivity contribution in [2.75, 3.05) is 7.05 Å². The van der Waals surface area contributed by atoms with Gasteiger partial charge in [-0.1, -0.05) is 26.5 Å². The molecule has 13 heavy (non-hydrogen) atoms. The maximum atomic E-state index is 11.2. The lowest BCUT2D eigenvalue weighted by atomic mass is 10.3. The van der Waals surface area contributed by atoms with Crippen LogP contribution >= 0.6 is 0 Å². The lowest BCUT2D eigenvalue weighted by molar-refractivity contribution is -0.124. The first-order valence-corrected chi connectivity index (χ1v) is 4.57. The highest BCUT2D eigenvalue weighted by Crippen LogP contribution is 2.03. The molecule has 0 aliphatic rings. The van der Waals surface area contributed by atoms with Gasteiger partial charge >= 0.3 is 0 Å². The molecule has 0 aromatic rings. The average molecular weight is 183 g/mol. The minimum atomic E-state index is -0.0272. The molecule has 0 fully saturated rings. The first kappa shape index (κ1) is 14.5. The number of likely N-dealkylation sites (N-methyl/N-ethyl adjacent to an activating group) is 1.